The molecule has 1 aromatic heterocycles. The number of methoxy groups -OCH3 is 1. The zero-order valence-electron chi connectivity index (χ0n) is 6.22. The molecule has 0 radical (unpaired) electrons. The summed E-state index contributed by atoms with van der Waals surface area (Å²) in [4.78, 5) is 3.60. The number of alkyl halides is 2. The number of rotatable bonds is 2. The molecule has 0 unspecified atom stereocenters. The van der Waals surface area contributed by atoms with Crippen LogP contribution in [0.3, 0.4) is 0 Å². The SMILES string of the molecule is COc1cncc(C(F)F)c1Br. The minimum Gasteiger partial charge on any atom is -0.494 e. The van der Waals surface area contributed by atoms with E-state index in [1.165, 1.54) is 13.3 Å². The first kappa shape index (κ1) is 9.38. The molecule has 0 amide bonds. The van der Waals surface area contributed by atoms with Crippen molar-refractivity contribution in [1.29, 1.82) is 0 Å². The standard InChI is InChI=1S/C7H6BrF2NO/c1-12-5-3-11-2-4(6(5)8)7(9)10/h2-3,7H,1H3. The lowest BCUT2D eigenvalue weighted by Crippen LogP contribution is -1.92. The Bertz CT molecular complexity index is 280. The van der Waals surface area contributed by atoms with Crippen molar-refractivity contribution in [3.05, 3.63) is 22.4 Å². The van der Waals surface area contributed by atoms with E-state index in [9.17, 15) is 8.78 Å². The van der Waals surface area contributed by atoms with Crippen molar-refractivity contribution in [2.45, 2.75) is 6.43 Å². The van der Waals surface area contributed by atoms with Crippen LogP contribution in [0.15, 0.2) is 16.9 Å². The predicted molar refractivity (Wildman–Crippen MR) is 43.4 cm³/mol. The molecular formula is C7H6BrF2NO. The summed E-state index contributed by atoms with van der Waals surface area (Å²) in [6, 6.07) is 0. The summed E-state index contributed by atoms with van der Waals surface area (Å²) in [6.45, 7) is 0. The highest BCUT2D eigenvalue weighted by Gasteiger charge is 2.14. The van der Waals surface area contributed by atoms with Gasteiger partial charge >= 0.3 is 0 Å². The van der Waals surface area contributed by atoms with Crippen LogP contribution in [0.25, 0.3) is 0 Å². The molecule has 12 heavy (non-hydrogen) atoms. The predicted octanol–water partition coefficient (Wildman–Crippen LogP) is 2.79. The smallest absolute Gasteiger partial charge is 0.266 e. The Labute approximate surface area is 76.7 Å². The third-order valence-electron chi connectivity index (χ3n) is 1.33. The molecule has 1 heterocycles. The lowest BCUT2D eigenvalue weighted by molar-refractivity contribution is 0.149. The number of hydrogen-bond donors (Lipinski definition) is 0. The number of nitrogens with zero attached hydrogens (tertiary/aromatic N) is 1. The normalized spacial score (nSPS) is 10.4. The minimum atomic E-state index is -2.54. The monoisotopic (exact) mass is 237 g/mol. The molecule has 2 nitrogen and oxygen atoms in total. The Morgan fingerprint density at radius 2 is 2.17 bits per heavy atom. The first-order chi connectivity index (χ1) is 5.66. The summed E-state index contributed by atoms with van der Waals surface area (Å²) in [5, 5.41) is 0. The van der Waals surface area contributed by atoms with Crippen LogP contribution in [0.5, 0.6) is 5.75 Å². The third-order valence-corrected chi connectivity index (χ3v) is 2.18. The fraction of sp³-hybridized carbons (Fsp3) is 0.286. The Morgan fingerprint density at radius 1 is 1.50 bits per heavy atom. The van der Waals surface area contributed by atoms with Gasteiger partial charge < -0.3 is 4.74 Å². The maximum Gasteiger partial charge on any atom is 0.266 e. The maximum atomic E-state index is 12.2. The Balaban J connectivity index is 3.14. The molecule has 0 saturated carbocycles. The first-order valence-electron chi connectivity index (χ1n) is 3.12. The van der Waals surface area contributed by atoms with Crippen molar-refractivity contribution in [3.63, 3.8) is 0 Å². The van der Waals surface area contributed by atoms with Gasteiger partial charge in [-0.1, -0.05) is 0 Å². The molecule has 0 aliphatic heterocycles. The number of ether oxygens (including phenoxy) is 1. The van der Waals surface area contributed by atoms with Crippen LogP contribution in [0, 0.1) is 0 Å². The van der Waals surface area contributed by atoms with Crippen molar-refractivity contribution < 1.29 is 13.5 Å². The van der Waals surface area contributed by atoms with Crippen molar-refractivity contribution >= 4 is 15.9 Å². The van der Waals surface area contributed by atoms with Crippen LogP contribution in [0.2, 0.25) is 0 Å². The average Bonchev–Trinajstić information content (AvgIpc) is 2.04. The Hall–Kier alpha value is -0.710. The van der Waals surface area contributed by atoms with Crippen molar-refractivity contribution in [1.82, 2.24) is 4.98 Å². The van der Waals surface area contributed by atoms with Crippen LogP contribution < -0.4 is 4.74 Å². The zero-order chi connectivity index (χ0) is 9.14. The van der Waals surface area contributed by atoms with Crippen LogP contribution in [-0.2, 0) is 0 Å². The molecule has 0 spiro atoms. The molecule has 1 rings (SSSR count). The van der Waals surface area contributed by atoms with Crippen LogP contribution in [0.4, 0.5) is 8.78 Å². The van der Waals surface area contributed by atoms with Gasteiger partial charge in [0.2, 0.25) is 0 Å². The lowest BCUT2D eigenvalue weighted by atomic mass is 10.3. The highest BCUT2D eigenvalue weighted by molar-refractivity contribution is 9.10. The Morgan fingerprint density at radius 3 is 2.67 bits per heavy atom. The fourth-order valence-electron chi connectivity index (χ4n) is 0.735. The van der Waals surface area contributed by atoms with Crippen LogP contribution in [-0.4, -0.2) is 12.1 Å². The molecule has 0 aromatic carbocycles. The Kier molecular flexibility index (Phi) is 2.97. The van der Waals surface area contributed by atoms with Gasteiger partial charge in [-0.25, -0.2) is 8.78 Å². The van der Waals surface area contributed by atoms with Gasteiger partial charge in [0.25, 0.3) is 6.43 Å². The second kappa shape index (κ2) is 3.80. The third kappa shape index (κ3) is 1.72. The molecule has 0 aliphatic carbocycles. The molecule has 0 N–H and O–H groups in total. The zero-order valence-corrected chi connectivity index (χ0v) is 7.81. The molecule has 66 valence electrons. The van der Waals surface area contributed by atoms with E-state index in [0.717, 1.165) is 6.20 Å². The largest absolute Gasteiger partial charge is 0.494 e. The lowest BCUT2D eigenvalue weighted by Gasteiger charge is -2.06. The van der Waals surface area contributed by atoms with Gasteiger partial charge in [-0.3, -0.25) is 4.98 Å². The summed E-state index contributed by atoms with van der Waals surface area (Å²) >= 11 is 3.00. The van der Waals surface area contributed by atoms with Gasteiger partial charge in [-0.15, -0.1) is 0 Å². The first-order valence-corrected chi connectivity index (χ1v) is 3.91. The molecule has 1 aromatic rings. The minimum absolute atomic E-state index is 0.158. The second-order valence-electron chi connectivity index (χ2n) is 2.05. The maximum absolute atomic E-state index is 12.2. The topological polar surface area (TPSA) is 22.1 Å². The van der Waals surface area contributed by atoms with Crippen LogP contribution >= 0.6 is 15.9 Å². The van der Waals surface area contributed by atoms with Gasteiger partial charge in [0.1, 0.15) is 0 Å². The summed E-state index contributed by atoms with van der Waals surface area (Å²) in [7, 11) is 1.40. The van der Waals surface area contributed by atoms with E-state index >= 15 is 0 Å². The van der Waals surface area contributed by atoms with E-state index in [0.29, 0.717) is 5.75 Å². The number of aromatic nitrogens is 1. The van der Waals surface area contributed by atoms with Gasteiger partial charge in [-0.2, -0.15) is 0 Å². The molecular weight excluding hydrogens is 232 g/mol. The van der Waals surface area contributed by atoms with Gasteiger partial charge in [0.15, 0.2) is 5.75 Å². The van der Waals surface area contributed by atoms with Gasteiger partial charge in [-0.05, 0) is 15.9 Å². The van der Waals surface area contributed by atoms with E-state index < -0.39 is 6.43 Å². The second-order valence-corrected chi connectivity index (χ2v) is 2.84. The molecule has 0 fully saturated rings. The molecule has 0 bridgehead atoms. The quantitative estimate of drug-likeness (QED) is 0.790. The summed E-state index contributed by atoms with van der Waals surface area (Å²) in [5.74, 6) is 0.313. The molecule has 0 atom stereocenters. The van der Waals surface area contributed by atoms with E-state index in [1.54, 1.807) is 0 Å². The van der Waals surface area contributed by atoms with Crippen molar-refractivity contribution in [2.75, 3.05) is 7.11 Å². The summed E-state index contributed by atoms with van der Waals surface area (Å²) in [6.07, 6.45) is -0.0604. The molecule has 0 aliphatic rings. The van der Waals surface area contributed by atoms with E-state index in [-0.39, 0.29) is 10.0 Å². The van der Waals surface area contributed by atoms with Crippen molar-refractivity contribution in [2.24, 2.45) is 0 Å². The summed E-state index contributed by atoms with van der Waals surface area (Å²) in [5.41, 5.74) is -0.158. The van der Waals surface area contributed by atoms with Gasteiger partial charge in [0.05, 0.1) is 23.3 Å². The van der Waals surface area contributed by atoms with E-state index in [2.05, 4.69) is 20.9 Å². The highest BCUT2D eigenvalue weighted by atomic mass is 79.9. The van der Waals surface area contributed by atoms with E-state index in [4.69, 9.17) is 4.74 Å². The fourth-order valence-corrected chi connectivity index (χ4v) is 1.27. The van der Waals surface area contributed by atoms with Crippen molar-refractivity contribution in [3.8, 4) is 5.75 Å². The van der Waals surface area contributed by atoms with E-state index in [1.807, 2.05) is 0 Å². The number of pyridine rings is 1. The van der Waals surface area contributed by atoms with Crippen LogP contribution in [0.1, 0.15) is 12.0 Å². The number of halogens is 3. The summed E-state index contributed by atoms with van der Waals surface area (Å²) < 4.78 is 29.5. The molecule has 0 saturated heterocycles. The average molecular weight is 238 g/mol. The van der Waals surface area contributed by atoms with Gasteiger partial charge in [0, 0.05) is 6.20 Å². The number of hydrogen-bond acceptors (Lipinski definition) is 2. The molecule has 5 heteroatoms. The highest BCUT2D eigenvalue weighted by Crippen LogP contribution is 2.32.